The molecule has 1 heterocycles. The van der Waals surface area contributed by atoms with Crippen LogP contribution in [0.2, 0.25) is 4.34 Å². The lowest BCUT2D eigenvalue weighted by molar-refractivity contribution is 0.217. The van der Waals surface area contributed by atoms with Crippen molar-refractivity contribution in [3.05, 3.63) is 50.9 Å². The predicted molar refractivity (Wildman–Crippen MR) is 66.3 cm³/mol. The number of methoxy groups -OCH3 is 1. The molecule has 17 heavy (non-hydrogen) atoms. The molecule has 0 aliphatic carbocycles. The van der Waals surface area contributed by atoms with Gasteiger partial charge in [0.25, 0.3) is 0 Å². The van der Waals surface area contributed by atoms with Crippen molar-refractivity contribution in [1.29, 1.82) is 0 Å². The Morgan fingerprint density at radius 3 is 2.71 bits per heavy atom. The lowest BCUT2D eigenvalue weighted by Crippen LogP contribution is -2.02. The van der Waals surface area contributed by atoms with E-state index < -0.39 is 11.9 Å². The van der Waals surface area contributed by atoms with Crippen LogP contribution in [0.25, 0.3) is 0 Å². The normalized spacial score (nSPS) is 12.5. The van der Waals surface area contributed by atoms with Crippen molar-refractivity contribution in [3.63, 3.8) is 0 Å². The predicted octanol–water partition coefficient (Wildman–Crippen LogP) is 3.63. The Morgan fingerprint density at radius 2 is 2.12 bits per heavy atom. The summed E-state index contributed by atoms with van der Waals surface area (Å²) in [7, 11) is 1.39. The van der Waals surface area contributed by atoms with Gasteiger partial charge in [-0.1, -0.05) is 23.7 Å². The van der Waals surface area contributed by atoms with E-state index in [9.17, 15) is 9.50 Å². The smallest absolute Gasteiger partial charge is 0.171 e. The van der Waals surface area contributed by atoms with Gasteiger partial charge in [-0.05, 0) is 18.2 Å². The van der Waals surface area contributed by atoms with Gasteiger partial charge in [0.05, 0.1) is 11.4 Å². The Labute approximate surface area is 107 Å². The minimum absolute atomic E-state index is 0.115. The lowest BCUT2D eigenvalue weighted by atomic mass is 10.1. The molecule has 2 nitrogen and oxygen atoms in total. The fourth-order valence-corrected chi connectivity index (χ4v) is 2.59. The molecule has 1 N–H and O–H groups in total. The van der Waals surface area contributed by atoms with E-state index >= 15 is 0 Å². The summed E-state index contributed by atoms with van der Waals surface area (Å²) in [4.78, 5) is 0.599. The van der Waals surface area contributed by atoms with Gasteiger partial charge in [-0.2, -0.15) is 0 Å². The maximum Gasteiger partial charge on any atom is 0.171 e. The van der Waals surface area contributed by atoms with Crippen molar-refractivity contribution in [1.82, 2.24) is 0 Å². The Bertz CT molecular complexity index is 527. The molecule has 1 atom stereocenters. The molecule has 1 aromatic carbocycles. The van der Waals surface area contributed by atoms with Crippen molar-refractivity contribution in [2.75, 3.05) is 7.11 Å². The first-order valence-corrected chi connectivity index (χ1v) is 6.08. The lowest BCUT2D eigenvalue weighted by Gasteiger charge is -2.12. The van der Waals surface area contributed by atoms with E-state index in [-0.39, 0.29) is 11.3 Å². The Hall–Kier alpha value is -1.10. The van der Waals surface area contributed by atoms with Gasteiger partial charge in [0.15, 0.2) is 11.6 Å². The van der Waals surface area contributed by atoms with Crippen molar-refractivity contribution in [2.24, 2.45) is 0 Å². The van der Waals surface area contributed by atoms with Gasteiger partial charge in [-0.3, -0.25) is 0 Å². The number of hydrogen-bond acceptors (Lipinski definition) is 3. The van der Waals surface area contributed by atoms with E-state index in [1.54, 1.807) is 18.2 Å². The number of halogens is 2. The van der Waals surface area contributed by atoms with Crippen molar-refractivity contribution >= 4 is 22.9 Å². The third-order valence-electron chi connectivity index (χ3n) is 2.37. The van der Waals surface area contributed by atoms with Gasteiger partial charge in [-0.15, -0.1) is 11.3 Å². The highest BCUT2D eigenvalue weighted by Crippen LogP contribution is 2.34. The average molecular weight is 273 g/mol. The van der Waals surface area contributed by atoms with Gasteiger partial charge in [0.1, 0.15) is 6.10 Å². The van der Waals surface area contributed by atoms with Crippen LogP contribution in [0.4, 0.5) is 4.39 Å². The topological polar surface area (TPSA) is 29.5 Å². The molecule has 0 radical (unpaired) electrons. The zero-order chi connectivity index (χ0) is 12.4. The fraction of sp³-hybridized carbons (Fsp3) is 0.167. The standard InChI is InChI=1S/C12H10ClFO2S/c1-16-8-4-2-3-7(11(8)14)12(15)9-5-6-10(13)17-9/h2-6,12,15H,1H3. The van der Waals surface area contributed by atoms with Crippen LogP contribution in [-0.2, 0) is 0 Å². The Morgan fingerprint density at radius 1 is 1.35 bits per heavy atom. The van der Waals surface area contributed by atoms with E-state index in [1.807, 2.05) is 0 Å². The molecule has 0 aliphatic heterocycles. The number of hydrogen-bond donors (Lipinski definition) is 1. The number of aliphatic hydroxyl groups excluding tert-OH is 1. The molecule has 0 saturated heterocycles. The first-order valence-electron chi connectivity index (χ1n) is 4.89. The molecule has 90 valence electrons. The van der Waals surface area contributed by atoms with Crippen LogP contribution in [0.1, 0.15) is 16.5 Å². The van der Waals surface area contributed by atoms with Crippen LogP contribution >= 0.6 is 22.9 Å². The summed E-state index contributed by atoms with van der Waals surface area (Å²) in [6.45, 7) is 0. The zero-order valence-corrected chi connectivity index (χ0v) is 10.6. The molecule has 1 unspecified atom stereocenters. The first kappa shape index (κ1) is 12.4. The molecule has 5 heteroatoms. The fourth-order valence-electron chi connectivity index (χ4n) is 1.53. The van der Waals surface area contributed by atoms with Crippen LogP contribution in [-0.4, -0.2) is 12.2 Å². The van der Waals surface area contributed by atoms with Gasteiger partial charge in [-0.25, -0.2) is 4.39 Å². The molecule has 0 aliphatic rings. The van der Waals surface area contributed by atoms with Gasteiger partial charge in [0, 0.05) is 10.4 Å². The van der Waals surface area contributed by atoms with E-state index in [0.717, 1.165) is 0 Å². The molecule has 1 aromatic heterocycles. The van der Waals surface area contributed by atoms with Crippen LogP contribution in [0, 0.1) is 5.82 Å². The monoisotopic (exact) mass is 272 g/mol. The highest BCUT2D eigenvalue weighted by Gasteiger charge is 2.19. The molecule has 0 saturated carbocycles. The molecule has 2 rings (SSSR count). The number of benzene rings is 1. The summed E-state index contributed by atoms with van der Waals surface area (Å²) < 4.78 is 19.3. The largest absolute Gasteiger partial charge is 0.494 e. The quantitative estimate of drug-likeness (QED) is 0.924. The van der Waals surface area contributed by atoms with Gasteiger partial charge < -0.3 is 9.84 Å². The molecular formula is C12H10ClFO2S. The first-order chi connectivity index (χ1) is 8.13. The second-order valence-electron chi connectivity index (χ2n) is 3.41. The van der Waals surface area contributed by atoms with E-state index in [2.05, 4.69) is 0 Å². The third-order valence-corrected chi connectivity index (χ3v) is 3.65. The van der Waals surface area contributed by atoms with Crippen molar-refractivity contribution in [3.8, 4) is 5.75 Å². The Balaban J connectivity index is 2.40. The summed E-state index contributed by atoms with van der Waals surface area (Å²) in [5.41, 5.74) is 0.183. The van der Waals surface area contributed by atoms with Gasteiger partial charge >= 0.3 is 0 Å². The summed E-state index contributed by atoms with van der Waals surface area (Å²) in [5, 5.41) is 10.1. The average Bonchev–Trinajstić information content (AvgIpc) is 2.75. The summed E-state index contributed by atoms with van der Waals surface area (Å²) in [6.07, 6.45) is -1.03. The molecule has 0 amide bonds. The molecule has 0 spiro atoms. The van der Waals surface area contributed by atoms with Crippen LogP contribution in [0.15, 0.2) is 30.3 Å². The molecule has 0 bridgehead atoms. The van der Waals surface area contributed by atoms with Crippen molar-refractivity contribution < 1.29 is 14.2 Å². The number of aliphatic hydroxyl groups is 1. The summed E-state index contributed by atoms with van der Waals surface area (Å²) in [6, 6.07) is 8.01. The SMILES string of the molecule is COc1cccc(C(O)c2ccc(Cl)s2)c1F. The highest BCUT2D eigenvalue weighted by atomic mass is 35.5. The minimum atomic E-state index is -1.03. The third kappa shape index (κ3) is 2.44. The van der Waals surface area contributed by atoms with Gasteiger partial charge in [0.2, 0.25) is 0 Å². The van der Waals surface area contributed by atoms with Crippen LogP contribution < -0.4 is 4.74 Å². The molecular weight excluding hydrogens is 263 g/mol. The zero-order valence-electron chi connectivity index (χ0n) is 8.98. The minimum Gasteiger partial charge on any atom is -0.494 e. The van der Waals surface area contributed by atoms with E-state index in [4.69, 9.17) is 16.3 Å². The van der Waals surface area contributed by atoms with Crippen LogP contribution in [0.3, 0.4) is 0 Å². The maximum atomic E-state index is 13.9. The molecule has 2 aromatic rings. The number of thiophene rings is 1. The van der Waals surface area contributed by atoms with Crippen LogP contribution in [0.5, 0.6) is 5.75 Å². The molecule has 0 fully saturated rings. The number of ether oxygens (including phenoxy) is 1. The highest BCUT2D eigenvalue weighted by molar-refractivity contribution is 7.16. The second kappa shape index (κ2) is 5.04. The summed E-state index contributed by atoms with van der Waals surface area (Å²) >= 11 is 7.00. The number of rotatable bonds is 3. The Kier molecular flexibility index (Phi) is 3.66. The maximum absolute atomic E-state index is 13.9. The van der Waals surface area contributed by atoms with E-state index in [0.29, 0.717) is 9.21 Å². The second-order valence-corrected chi connectivity index (χ2v) is 5.15. The summed E-state index contributed by atoms with van der Waals surface area (Å²) in [5.74, 6) is -0.434. The van der Waals surface area contributed by atoms with E-state index in [1.165, 1.54) is 30.6 Å². The van der Waals surface area contributed by atoms with Crippen molar-refractivity contribution in [2.45, 2.75) is 6.10 Å².